The lowest BCUT2D eigenvalue weighted by Gasteiger charge is -2.09. The molecular weight excluding hydrogens is 376 g/mol. The van der Waals surface area contributed by atoms with Gasteiger partial charge in [-0.25, -0.2) is 0 Å². The number of nitro groups is 1. The van der Waals surface area contributed by atoms with Crippen LogP contribution in [0, 0.1) is 17.0 Å². The van der Waals surface area contributed by atoms with Gasteiger partial charge in [0.25, 0.3) is 0 Å². The third-order valence-electron chi connectivity index (χ3n) is 3.74. The van der Waals surface area contributed by atoms with Gasteiger partial charge in [-0.2, -0.15) is 4.68 Å². The number of carbonyl (C=O) groups excluding carboxylic acids is 1. The maximum Gasteiger partial charge on any atom is 0.404 e. The highest BCUT2D eigenvalue weighted by Crippen LogP contribution is 2.27. The van der Waals surface area contributed by atoms with Crippen LogP contribution in [-0.4, -0.2) is 20.6 Å². The minimum atomic E-state index is -0.526. The third kappa shape index (κ3) is 4.19. The molecule has 2 aromatic rings. The summed E-state index contributed by atoms with van der Waals surface area (Å²) < 4.78 is 1.93. The number of benzene rings is 1. The molecule has 7 nitrogen and oxygen atoms in total. The topological polar surface area (TPSA) is 90.1 Å². The maximum absolute atomic E-state index is 12.1. The van der Waals surface area contributed by atoms with Gasteiger partial charge in [-0.1, -0.05) is 25.1 Å². The predicted octanol–water partition coefficient (Wildman–Crippen LogP) is 3.84. The van der Waals surface area contributed by atoms with Crippen molar-refractivity contribution in [1.82, 2.24) is 9.78 Å². The van der Waals surface area contributed by atoms with Gasteiger partial charge in [-0.05, 0) is 52.2 Å². The number of hydrogen-bond acceptors (Lipinski definition) is 4. The molecule has 8 heteroatoms. The van der Waals surface area contributed by atoms with Gasteiger partial charge in [0.2, 0.25) is 5.91 Å². The minimum Gasteiger partial charge on any atom is -0.358 e. The van der Waals surface area contributed by atoms with Crippen LogP contribution in [0.4, 0.5) is 11.5 Å². The molecule has 0 aliphatic heterocycles. The number of carbonyl (C=O) groups is 1. The minimum absolute atomic E-state index is 0.0747. The third-order valence-corrected chi connectivity index (χ3v) is 4.66. The molecule has 24 heavy (non-hydrogen) atoms. The van der Waals surface area contributed by atoms with Crippen molar-refractivity contribution in [1.29, 1.82) is 0 Å². The largest absolute Gasteiger partial charge is 0.404 e. The number of amides is 1. The molecule has 0 saturated heterocycles. The summed E-state index contributed by atoms with van der Waals surface area (Å²) in [6.07, 6.45) is 1.72. The molecular formula is C16H19BrN4O3. The summed E-state index contributed by atoms with van der Waals surface area (Å²) in [4.78, 5) is 22.4. The fourth-order valence-corrected chi connectivity index (χ4v) is 2.82. The summed E-state index contributed by atoms with van der Waals surface area (Å²) in [5.41, 5.74) is 2.60. The molecule has 0 aliphatic carbocycles. The van der Waals surface area contributed by atoms with E-state index in [0.29, 0.717) is 29.6 Å². The van der Waals surface area contributed by atoms with E-state index in [-0.39, 0.29) is 11.7 Å². The molecule has 1 aromatic carbocycles. The van der Waals surface area contributed by atoms with E-state index in [1.54, 1.807) is 11.6 Å². The van der Waals surface area contributed by atoms with Gasteiger partial charge >= 0.3 is 5.82 Å². The van der Waals surface area contributed by atoms with Crippen LogP contribution in [-0.2, 0) is 17.8 Å². The van der Waals surface area contributed by atoms with Crippen molar-refractivity contribution in [3.8, 4) is 0 Å². The first kappa shape index (κ1) is 18.1. The Balaban J connectivity index is 1.91. The highest BCUT2D eigenvalue weighted by molar-refractivity contribution is 9.10. The van der Waals surface area contributed by atoms with Crippen LogP contribution in [0.25, 0.3) is 0 Å². The van der Waals surface area contributed by atoms with E-state index in [4.69, 9.17) is 0 Å². The molecule has 1 heterocycles. The second-order valence-electron chi connectivity index (χ2n) is 5.37. The summed E-state index contributed by atoms with van der Waals surface area (Å²) in [5, 5.41) is 17.7. The predicted molar refractivity (Wildman–Crippen MR) is 95.0 cm³/mol. The molecule has 0 fully saturated rings. The standard InChI is InChI=1S/C16H19BrN4O3/c1-3-12-7-4-5-8-13(12)18-14(22)9-6-10-20-11(2)15(17)16(19-20)21(23)24/h4-5,7-8H,3,6,9-10H2,1-2H3,(H,18,22). The molecule has 0 unspecified atom stereocenters. The first-order valence-electron chi connectivity index (χ1n) is 7.69. The van der Waals surface area contributed by atoms with Crippen molar-refractivity contribution >= 4 is 33.3 Å². The van der Waals surface area contributed by atoms with E-state index in [0.717, 1.165) is 17.7 Å². The van der Waals surface area contributed by atoms with Gasteiger partial charge in [0.15, 0.2) is 0 Å². The van der Waals surface area contributed by atoms with Gasteiger partial charge in [0, 0.05) is 12.1 Å². The molecule has 0 bridgehead atoms. The number of nitrogens with zero attached hydrogens (tertiary/aromatic N) is 3. The number of aryl methyl sites for hydroxylation is 2. The Morgan fingerprint density at radius 2 is 2.12 bits per heavy atom. The molecule has 0 aliphatic rings. The van der Waals surface area contributed by atoms with Crippen molar-refractivity contribution in [3.05, 3.63) is 50.1 Å². The highest BCUT2D eigenvalue weighted by atomic mass is 79.9. The normalized spacial score (nSPS) is 10.6. The quantitative estimate of drug-likeness (QED) is 0.570. The fourth-order valence-electron chi connectivity index (χ4n) is 2.40. The first-order valence-corrected chi connectivity index (χ1v) is 8.48. The second kappa shape index (κ2) is 8.05. The van der Waals surface area contributed by atoms with Gasteiger partial charge in [0.1, 0.15) is 4.47 Å². The lowest BCUT2D eigenvalue weighted by molar-refractivity contribution is -0.390. The average molecular weight is 395 g/mol. The molecule has 1 amide bonds. The zero-order valence-corrected chi connectivity index (χ0v) is 15.2. The summed E-state index contributed by atoms with van der Waals surface area (Å²) >= 11 is 3.18. The number of halogens is 1. The van der Waals surface area contributed by atoms with Gasteiger partial charge in [-0.15, -0.1) is 0 Å². The molecule has 0 radical (unpaired) electrons. The van der Waals surface area contributed by atoms with Gasteiger partial charge in [-0.3, -0.25) is 4.79 Å². The zero-order valence-electron chi connectivity index (χ0n) is 13.6. The molecule has 2 rings (SSSR count). The summed E-state index contributed by atoms with van der Waals surface area (Å²) in [5.74, 6) is -0.275. The van der Waals surface area contributed by atoms with E-state index < -0.39 is 4.92 Å². The Labute approximate surface area is 148 Å². The van der Waals surface area contributed by atoms with Crippen LogP contribution in [0.15, 0.2) is 28.7 Å². The highest BCUT2D eigenvalue weighted by Gasteiger charge is 2.23. The van der Waals surface area contributed by atoms with Crippen molar-refractivity contribution in [3.63, 3.8) is 0 Å². The van der Waals surface area contributed by atoms with Crippen LogP contribution >= 0.6 is 15.9 Å². The molecule has 1 aromatic heterocycles. The average Bonchev–Trinajstić information content (AvgIpc) is 2.84. The van der Waals surface area contributed by atoms with Crippen molar-refractivity contribution in [2.45, 2.75) is 39.7 Å². The first-order chi connectivity index (χ1) is 11.4. The van der Waals surface area contributed by atoms with E-state index >= 15 is 0 Å². The van der Waals surface area contributed by atoms with Crippen LogP contribution in [0.3, 0.4) is 0 Å². The summed E-state index contributed by atoms with van der Waals surface area (Å²) in [6.45, 7) is 4.24. The molecule has 0 spiro atoms. The smallest absolute Gasteiger partial charge is 0.358 e. The number of hydrogen-bond donors (Lipinski definition) is 1. The Hall–Kier alpha value is -2.22. The number of anilines is 1. The van der Waals surface area contributed by atoms with Crippen LogP contribution in [0.5, 0.6) is 0 Å². The Bertz CT molecular complexity index is 758. The van der Waals surface area contributed by atoms with Crippen molar-refractivity contribution < 1.29 is 9.72 Å². The number of para-hydroxylation sites is 1. The van der Waals surface area contributed by atoms with E-state index in [2.05, 4.69) is 26.3 Å². The fraction of sp³-hybridized carbons (Fsp3) is 0.375. The number of rotatable bonds is 7. The number of nitrogens with one attached hydrogen (secondary N) is 1. The zero-order chi connectivity index (χ0) is 17.7. The summed E-state index contributed by atoms with van der Waals surface area (Å²) in [7, 11) is 0. The summed E-state index contributed by atoms with van der Waals surface area (Å²) in [6, 6.07) is 7.70. The SMILES string of the molecule is CCc1ccccc1NC(=O)CCCn1nc([N+](=O)[O-])c(Br)c1C. The van der Waals surface area contributed by atoms with E-state index in [1.807, 2.05) is 31.2 Å². The Kier molecular flexibility index (Phi) is 6.08. The molecule has 1 N–H and O–H groups in total. The lowest BCUT2D eigenvalue weighted by Crippen LogP contribution is -2.14. The Morgan fingerprint density at radius 3 is 2.75 bits per heavy atom. The van der Waals surface area contributed by atoms with Gasteiger partial charge < -0.3 is 15.4 Å². The van der Waals surface area contributed by atoms with E-state index in [1.165, 1.54) is 0 Å². The van der Waals surface area contributed by atoms with Crippen LogP contribution < -0.4 is 5.32 Å². The second-order valence-corrected chi connectivity index (χ2v) is 6.16. The lowest BCUT2D eigenvalue weighted by atomic mass is 10.1. The maximum atomic E-state index is 12.1. The monoisotopic (exact) mass is 394 g/mol. The molecule has 0 saturated carbocycles. The molecule has 0 atom stereocenters. The molecule has 128 valence electrons. The number of aromatic nitrogens is 2. The van der Waals surface area contributed by atoms with Gasteiger partial charge in [0.05, 0.1) is 17.3 Å². The van der Waals surface area contributed by atoms with E-state index in [9.17, 15) is 14.9 Å². The van der Waals surface area contributed by atoms with Crippen LogP contribution in [0.2, 0.25) is 0 Å². The Morgan fingerprint density at radius 1 is 1.42 bits per heavy atom. The van der Waals surface area contributed by atoms with Crippen molar-refractivity contribution in [2.75, 3.05) is 5.32 Å². The van der Waals surface area contributed by atoms with Crippen molar-refractivity contribution in [2.24, 2.45) is 0 Å². The van der Waals surface area contributed by atoms with Crippen LogP contribution in [0.1, 0.15) is 31.0 Å².